The van der Waals surface area contributed by atoms with Crippen molar-refractivity contribution in [1.29, 1.82) is 0 Å². The molecule has 0 aliphatic rings. The quantitative estimate of drug-likeness (QED) is 0.516. The molecule has 1 unspecified atom stereocenters. The Kier molecular flexibility index (Phi) is 9.27. The van der Waals surface area contributed by atoms with Gasteiger partial charge in [0.15, 0.2) is 0 Å². The van der Waals surface area contributed by atoms with Crippen molar-refractivity contribution in [3.05, 3.63) is 63.1 Å². The Labute approximate surface area is 216 Å². The minimum Gasteiger partial charge on any atom is -0.350 e. The van der Waals surface area contributed by atoms with Gasteiger partial charge in [-0.3, -0.25) is 13.9 Å². The van der Waals surface area contributed by atoms with Gasteiger partial charge in [0.1, 0.15) is 12.6 Å². The third-order valence-electron chi connectivity index (χ3n) is 4.78. The lowest BCUT2D eigenvalue weighted by Gasteiger charge is -2.33. The largest absolute Gasteiger partial charge is 0.350 e. The number of carbonyl (C=O) groups excluding carboxylic acids is 2. The zero-order valence-electron chi connectivity index (χ0n) is 19.6. The monoisotopic (exact) mass is 547 g/mol. The molecule has 11 heteroatoms. The highest BCUT2D eigenvalue weighted by Crippen LogP contribution is 2.27. The third-order valence-corrected chi connectivity index (χ3v) is 6.72. The molecule has 1 N–H and O–H groups in total. The van der Waals surface area contributed by atoms with Crippen LogP contribution in [0.3, 0.4) is 0 Å². The van der Waals surface area contributed by atoms with Crippen LogP contribution in [0.1, 0.15) is 33.3 Å². The van der Waals surface area contributed by atoms with Gasteiger partial charge in [-0.1, -0.05) is 53.0 Å². The molecule has 2 aromatic carbocycles. The molecule has 1 atom stereocenters. The van der Waals surface area contributed by atoms with Gasteiger partial charge in [-0.05, 0) is 57.5 Å². The number of sulfonamides is 1. The fourth-order valence-electron chi connectivity index (χ4n) is 3.16. The van der Waals surface area contributed by atoms with Gasteiger partial charge >= 0.3 is 0 Å². The molecule has 0 spiro atoms. The molecule has 0 heterocycles. The highest BCUT2D eigenvalue weighted by Gasteiger charge is 2.31. The van der Waals surface area contributed by atoms with Gasteiger partial charge in [0.25, 0.3) is 0 Å². The molecule has 7 nitrogen and oxygen atoms in total. The van der Waals surface area contributed by atoms with Gasteiger partial charge < -0.3 is 10.2 Å². The van der Waals surface area contributed by atoms with Crippen LogP contribution in [0, 0.1) is 0 Å². The maximum Gasteiger partial charge on any atom is 0.244 e. The Morgan fingerprint density at radius 1 is 1.03 bits per heavy atom. The van der Waals surface area contributed by atoms with E-state index in [1.165, 1.54) is 23.1 Å². The first kappa shape index (κ1) is 28.2. The van der Waals surface area contributed by atoms with Crippen LogP contribution in [0.2, 0.25) is 15.1 Å². The van der Waals surface area contributed by atoms with Gasteiger partial charge in [0.2, 0.25) is 21.8 Å². The van der Waals surface area contributed by atoms with E-state index in [2.05, 4.69) is 5.32 Å². The van der Waals surface area contributed by atoms with Crippen LogP contribution in [-0.2, 0) is 26.2 Å². The van der Waals surface area contributed by atoms with Crippen LogP contribution in [0.5, 0.6) is 0 Å². The summed E-state index contributed by atoms with van der Waals surface area (Å²) in [5.41, 5.74) is 0.225. The van der Waals surface area contributed by atoms with Gasteiger partial charge in [-0.2, -0.15) is 0 Å². The first-order valence-electron chi connectivity index (χ1n) is 10.4. The van der Waals surface area contributed by atoms with Crippen LogP contribution in [0.25, 0.3) is 0 Å². The summed E-state index contributed by atoms with van der Waals surface area (Å²) in [6, 6.07) is 10.3. The predicted molar refractivity (Wildman–Crippen MR) is 138 cm³/mol. The molecule has 0 fully saturated rings. The first-order chi connectivity index (χ1) is 15.6. The van der Waals surface area contributed by atoms with Crippen LogP contribution in [-0.4, -0.2) is 49.5 Å². The minimum absolute atomic E-state index is 0.00510. The molecule has 0 saturated heterocycles. The number of benzene rings is 2. The fourth-order valence-corrected chi connectivity index (χ4v) is 4.71. The molecule has 0 aliphatic carbocycles. The van der Waals surface area contributed by atoms with E-state index in [9.17, 15) is 18.0 Å². The molecular weight excluding hydrogens is 521 g/mol. The maximum absolute atomic E-state index is 13.5. The van der Waals surface area contributed by atoms with Crippen molar-refractivity contribution in [2.45, 2.75) is 45.8 Å². The van der Waals surface area contributed by atoms with Crippen molar-refractivity contribution in [1.82, 2.24) is 10.2 Å². The molecule has 0 saturated carbocycles. The van der Waals surface area contributed by atoms with Crippen molar-refractivity contribution in [2.75, 3.05) is 17.1 Å². The highest BCUT2D eigenvalue weighted by atomic mass is 35.5. The van der Waals surface area contributed by atoms with Gasteiger partial charge in [-0.15, -0.1) is 0 Å². The minimum atomic E-state index is -3.89. The van der Waals surface area contributed by atoms with Gasteiger partial charge in [0, 0.05) is 27.2 Å². The number of nitrogens with one attached hydrogen (secondary N) is 1. The van der Waals surface area contributed by atoms with E-state index in [1.807, 2.05) is 20.8 Å². The zero-order valence-corrected chi connectivity index (χ0v) is 22.7. The van der Waals surface area contributed by atoms with E-state index in [-0.39, 0.29) is 28.2 Å². The van der Waals surface area contributed by atoms with Gasteiger partial charge in [0.05, 0.1) is 11.9 Å². The number of amides is 2. The Morgan fingerprint density at radius 3 is 2.09 bits per heavy atom. The van der Waals surface area contributed by atoms with Crippen molar-refractivity contribution >= 4 is 62.3 Å². The second kappa shape index (κ2) is 11.2. The number of halogens is 3. The number of rotatable bonds is 8. The van der Waals surface area contributed by atoms with E-state index in [0.717, 1.165) is 10.6 Å². The summed E-state index contributed by atoms with van der Waals surface area (Å²) in [5.74, 6) is -0.984. The average Bonchev–Trinajstić information content (AvgIpc) is 2.67. The second-order valence-corrected chi connectivity index (χ2v) is 12.1. The molecule has 0 aromatic heterocycles. The molecule has 2 amide bonds. The predicted octanol–water partition coefficient (Wildman–Crippen LogP) is 4.74. The number of carbonyl (C=O) groups is 2. The Bertz CT molecular complexity index is 1150. The highest BCUT2D eigenvalue weighted by molar-refractivity contribution is 7.92. The van der Waals surface area contributed by atoms with E-state index in [4.69, 9.17) is 34.8 Å². The Balaban J connectivity index is 2.45. The maximum atomic E-state index is 13.5. The summed E-state index contributed by atoms with van der Waals surface area (Å²) in [6.07, 6.45) is 0.975. The lowest BCUT2D eigenvalue weighted by atomic mass is 10.1. The number of nitrogens with zero attached hydrogens (tertiary/aromatic N) is 2. The molecule has 186 valence electrons. The van der Waals surface area contributed by atoms with Crippen LogP contribution >= 0.6 is 34.8 Å². The van der Waals surface area contributed by atoms with Crippen LogP contribution in [0.4, 0.5) is 5.69 Å². The second-order valence-electron chi connectivity index (χ2n) is 8.93. The molecule has 34 heavy (non-hydrogen) atoms. The molecule has 0 radical (unpaired) electrons. The standard InChI is InChI=1S/C23H28Cl3N3O4S/c1-15(22(31)27-23(2,3)4)28(13-16-8-6-7-9-20(16)26)21(30)14-29(34(5,32)33)19-11-17(24)10-18(25)12-19/h6-12,15H,13-14H2,1-5H3,(H,27,31). The smallest absolute Gasteiger partial charge is 0.244 e. The third kappa shape index (κ3) is 8.05. The van der Waals surface area contributed by atoms with Crippen molar-refractivity contribution in [3.8, 4) is 0 Å². The average molecular weight is 549 g/mol. The summed E-state index contributed by atoms with van der Waals surface area (Å²) < 4.78 is 26.1. The van der Waals surface area contributed by atoms with E-state index < -0.39 is 34.1 Å². The van der Waals surface area contributed by atoms with E-state index in [1.54, 1.807) is 31.2 Å². The van der Waals surface area contributed by atoms with Crippen LogP contribution in [0.15, 0.2) is 42.5 Å². The fraction of sp³-hybridized carbons (Fsp3) is 0.391. The zero-order chi connectivity index (χ0) is 25.8. The summed E-state index contributed by atoms with van der Waals surface area (Å²) in [4.78, 5) is 27.7. The summed E-state index contributed by atoms with van der Waals surface area (Å²) in [7, 11) is -3.89. The molecule has 0 bridgehead atoms. The number of hydrogen-bond acceptors (Lipinski definition) is 4. The summed E-state index contributed by atoms with van der Waals surface area (Å²) in [5, 5.41) is 3.71. The molecule has 2 rings (SSSR count). The van der Waals surface area contributed by atoms with E-state index in [0.29, 0.717) is 10.6 Å². The number of hydrogen-bond donors (Lipinski definition) is 1. The van der Waals surface area contributed by atoms with Gasteiger partial charge in [-0.25, -0.2) is 8.42 Å². The summed E-state index contributed by atoms with van der Waals surface area (Å²) >= 11 is 18.4. The molecular formula is C23H28Cl3N3O4S. The first-order valence-corrected chi connectivity index (χ1v) is 13.4. The van der Waals surface area contributed by atoms with Crippen molar-refractivity contribution in [2.24, 2.45) is 0 Å². The molecule has 0 aliphatic heterocycles. The van der Waals surface area contributed by atoms with E-state index >= 15 is 0 Å². The summed E-state index contributed by atoms with van der Waals surface area (Å²) in [6.45, 7) is 6.50. The SMILES string of the molecule is CC(C(=O)NC(C)(C)C)N(Cc1ccccc1Cl)C(=O)CN(c1cc(Cl)cc(Cl)c1)S(C)(=O)=O. The lowest BCUT2D eigenvalue weighted by Crippen LogP contribution is -2.54. The van der Waals surface area contributed by atoms with Crippen LogP contribution < -0.4 is 9.62 Å². The Morgan fingerprint density at radius 2 is 1.59 bits per heavy atom. The molecule has 2 aromatic rings. The van der Waals surface area contributed by atoms with Crippen molar-refractivity contribution < 1.29 is 18.0 Å². The Hall–Kier alpha value is -2.00. The lowest BCUT2D eigenvalue weighted by molar-refractivity contribution is -0.140. The number of anilines is 1. The normalized spacial score (nSPS) is 12.7. The topological polar surface area (TPSA) is 86.8 Å². The van der Waals surface area contributed by atoms with Crippen molar-refractivity contribution in [3.63, 3.8) is 0 Å².